The monoisotopic (exact) mass is 439 g/mol. The minimum atomic E-state index is -0.583. The van der Waals surface area contributed by atoms with Crippen LogP contribution in [0.3, 0.4) is 0 Å². The Labute approximate surface area is 186 Å². The van der Waals surface area contributed by atoms with Crippen LogP contribution in [0.2, 0.25) is 0 Å². The molecule has 162 valence electrons. The van der Waals surface area contributed by atoms with Crippen LogP contribution < -0.4 is 10.6 Å². The number of anilines is 1. The number of nitrogens with zero attached hydrogens (tertiary/aromatic N) is 1. The van der Waals surface area contributed by atoms with E-state index < -0.39 is 11.6 Å². The molecule has 3 aromatic rings. The molecule has 0 saturated carbocycles. The van der Waals surface area contributed by atoms with E-state index in [1.807, 2.05) is 12.1 Å². The molecule has 0 amide bonds. The predicted molar refractivity (Wildman–Crippen MR) is 128 cm³/mol. The van der Waals surface area contributed by atoms with E-state index in [0.29, 0.717) is 11.4 Å². The molecular weight excluding hydrogens is 412 g/mol. The third-order valence-electron chi connectivity index (χ3n) is 4.97. The fraction of sp³-hybridized carbons (Fsp3) is 0.200. The molecule has 2 heterocycles. The normalized spacial score (nSPS) is 12.7. The first-order valence-electron chi connectivity index (χ1n) is 10.1. The maximum Gasteiger partial charge on any atom is 0.126 e. The third kappa shape index (κ3) is 6.43. The Morgan fingerprint density at radius 1 is 0.935 bits per heavy atom. The Morgan fingerprint density at radius 2 is 1.58 bits per heavy atom. The number of hydrogen-bond acceptors (Lipinski definition) is 4. The van der Waals surface area contributed by atoms with E-state index in [-0.39, 0.29) is 0 Å². The van der Waals surface area contributed by atoms with Gasteiger partial charge in [-0.25, -0.2) is 8.78 Å². The summed E-state index contributed by atoms with van der Waals surface area (Å²) in [5.41, 5.74) is 3.32. The van der Waals surface area contributed by atoms with Crippen molar-refractivity contribution in [2.24, 2.45) is 0 Å². The van der Waals surface area contributed by atoms with E-state index in [9.17, 15) is 8.78 Å². The molecule has 4 rings (SSSR count). The van der Waals surface area contributed by atoms with Gasteiger partial charge in [-0.05, 0) is 59.7 Å². The summed E-state index contributed by atoms with van der Waals surface area (Å²) in [6.45, 7) is 10.2. The topological polar surface area (TPSA) is 27.3 Å². The van der Waals surface area contributed by atoms with Crippen LogP contribution in [-0.2, 0) is 0 Å². The number of hydrogen-bond donors (Lipinski definition) is 2. The quantitative estimate of drug-likeness (QED) is 0.456. The van der Waals surface area contributed by atoms with Gasteiger partial charge < -0.3 is 15.5 Å². The van der Waals surface area contributed by atoms with E-state index in [4.69, 9.17) is 0 Å². The van der Waals surface area contributed by atoms with Gasteiger partial charge in [-0.15, -0.1) is 11.3 Å². The minimum absolute atomic E-state index is 0.511. The van der Waals surface area contributed by atoms with Crippen LogP contribution in [0.15, 0.2) is 79.0 Å². The molecule has 2 aromatic carbocycles. The molecule has 1 fully saturated rings. The summed E-state index contributed by atoms with van der Waals surface area (Å²) >= 11 is 1.78. The maximum absolute atomic E-state index is 13.1. The van der Waals surface area contributed by atoms with E-state index in [0.717, 1.165) is 17.3 Å². The standard InChI is InChI=1S/C15H14F2N2.C10H13NS/c1-10(18-2)19-15-5-3-11(4-6-15)12-7-13(16)9-14(17)8-12;1-9(10-5-4-8-12-10)11-6-2-3-7-11/h3-9,18-19H,1H2,2H3;4-5,8H,1-3,6-7H2. The van der Waals surface area contributed by atoms with Crippen LogP contribution in [0.4, 0.5) is 14.5 Å². The molecule has 0 aliphatic carbocycles. The van der Waals surface area contributed by atoms with E-state index in [2.05, 4.69) is 46.2 Å². The fourth-order valence-electron chi connectivity index (χ4n) is 3.29. The van der Waals surface area contributed by atoms with Crippen molar-refractivity contribution in [3.05, 3.63) is 95.5 Å². The number of rotatable bonds is 6. The molecular formula is C25H27F2N3S. The summed E-state index contributed by atoms with van der Waals surface area (Å²) in [5.74, 6) is -0.494. The second-order valence-electron chi connectivity index (χ2n) is 7.21. The van der Waals surface area contributed by atoms with Crippen molar-refractivity contribution in [1.82, 2.24) is 10.2 Å². The molecule has 1 aliphatic rings. The maximum atomic E-state index is 13.1. The van der Waals surface area contributed by atoms with Crippen LogP contribution in [0.25, 0.3) is 16.8 Å². The van der Waals surface area contributed by atoms with Crippen molar-refractivity contribution in [2.45, 2.75) is 12.8 Å². The number of likely N-dealkylation sites (tertiary alicyclic amines) is 1. The molecule has 1 aromatic heterocycles. The Morgan fingerprint density at radius 3 is 2.13 bits per heavy atom. The molecule has 1 aliphatic heterocycles. The van der Waals surface area contributed by atoms with Gasteiger partial charge in [0.15, 0.2) is 0 Å². The highest BCUT2D eigenvalue weighted by atomic mass is 32.1. The Kier molecular flexibility index (Phi) is 7.84. The third-order valence-corrected chi connectivity index (χ3v) is 5.89. The lowest BCUT2D eigenvalue weighted by Gasteiger charge is -2.18. The highest BCUT2D eigenvalue weighted by Crippen LogP contribution is 2.25. The second kappa shape index (κ2) is 10.8. The highest BCUT2D eigenvalue weighted by molar-refractivity contribution is 7.11. The summed E-state index contributed by atoms with van der Waals surface area (Å²) in [4.78, 5) is 3.70. The smallest absolute Gasteiger partial charge is 0.126 e. The second-order valence-corrected chi connectivity index (χ2v) is 8.15. The summed E-state index contributed by atoms with van der Waals surface area (Å²) in [6, 6.07) is 14.9. The largest absolute Gasteiger partial charge is 0.375 e. The van der Waals surface area contributed by atoms with Crippen LogP contribution in [0.1, 0.15) is 17.7 Å². The summed E-state index contributed by atoms with van der Waals surface area (Å²) in [7, 11) is 1.76. The number of thiophene rings is 1. The lowest BCUT2D eigenvalue weighted by Crippen LogP contribution is -2.15. The first-order chi connectivity index (χ1) is 15.0. The zero-order chi connectivity index (χ0) is 22.2. The Bertz CT molecular complexity index is 988. The van der Waals surface area contributed by atoms with Crippen LogP contribution in [0.5, 0.6) is 0 Å². The Hall–Kier alpha value is -3.12. The van der Waals surface area contributed by atoms with Crippen molar-refractivity contribution in [2.75, 3.05) is 25.5 Å². The van der Waals surface area contributed by atoms with Crippen molar-refractivity contribution in [1.29, 1.82) is 0 Å². The van der Waals surface area contributed by atoms with E-state index >= 15 is 0 Å². The van der Waals surface area contributed by atoms with Gasteiger partial charge in [-0.2, -0.15) is 0 Å². The van der Waals surface area contributed by atoms with Crippen molar-refractivity contribution in [3.8, 4) is 11.1 Å². The zero-order valence-electron chi connectivity index (χ0n) is 17.6. The molecule has 0 atom stereocenters. The number of halogens is 2. The Balaban J connectivity index is 0.000000194. The number of benzene rings is 2. The molecule has 3 nitrogen and oxygen atoms in total. The molecule has 0 radical (unpaired) electrons. The van der Waals surface area contributed by atoms with Gasteiger partial charge >= 0.3 is 0 Å². The molecule has 0 bridgehead atoms. The molecule has 31 heavy (non-hydrogen) atoms. The fourth-order valence-corrected chi connectivity index (χ4v) is 4.01. The predicted octanol–water partition coefficient (Wildman–Crippen LogP) is 6.55. The summed E-state index contributed by atoms with van der Waals surface area (Å²) in [6.07, 6.45) is 2.65. The first-order valence-corrected chi connectivity index (χ1v) is 11.0. The van der Waals surface area contributed by atoms with E-state index in [1.54, 1.807) is 30.5 Å². The van der Waals surface area contributed by atoms with Crippen LogP contribution in [-0.4, -0.2) is 25.0 Å². The van der Waals surface area contributed by atoms with Crippen molar-refractivity contribution in [3.63, 3.8) is 0 Å². The van der Waals surface area contributed by atoms with E-state index in [1.165, 1.54) is 48.6 Å². The SMILES string of the molecule is C=C(NC)Nc1ccc(-c2cc(F)cc(F)c2)cc1.C=C(c1cccs1)N1CCCC1. The lowest BCUT2D eigenvalue weighted by molar-refractivity contribution is 0.495. The molecule has 6 heteroatoms. The molecule has 2 N–H and O–H groups in total. The van der Waals surface area contributed by atoms with Crippen LogP contribution >= 0.6 is 11.3 Å². The summed E-state index contributed by atoms with van der Waals surface area (Å²) in [5, 5.41) is 8.02. The molecule has 0 spiro atoms. The molecule has 1 saturated heterocycles. The minimum Gasteiger partial charge on any atom is -0.375 e. The van der Waals surface area contributed by atoms with Crippen LogP contribution in [0, 0.1) is 11.6 Å². The zero-order valence-corrected chi connectivity index (χ0v) is 18.4. The first kappa shape index (κ1) is 22.6. The van der Waals surface area contributed by atoms with Gasteiger partial charge in [-0.1, -0.05) is 31.4 Å². The number of nitrogens with one attached hydrogen (secondary N) is 2. The van der Waals surface area contributed by atoms with Gasteiger partial charge in [0.05, 0.1) is 5.82 Å². The molecule has 0 unspecified atom stereocenters. The lowest BCUT2D eigenvalue weighted by atomic mass is 10.1. The average Bonchev–Trinajstić information content (AvgIpc) is 3.48. The van der Waals surface area contributed by atoms with Gasteiger partial charge in [0.25, 0.3) is 0 Å². The highest BCUT2D eigenvalue weighted by Gasteiger charge is 2.14. The van der Waals surface area contributed by atoms with Gasteiger partial charge in [0.1, 0.15) is 11.6 Å². The summed E-state index contributed by atoms with van der Waals surface area (Å²) < 4.78 is 26.3. The van der Waals surface area contributed by atoms with Crippen molar-refractivity contribution >= 4 is 22.7 Å². The van der Waals surface area contributed by atoms with Gasteiger partial charge in [0.2, 0.25) is 0 Å². The van der Waals surface area contributed by atoms with Crippen molar-refractivity contribution < 1.29 is 8.78 Å². The van der Waals surface area contributed by atoms with Gasteiger partial charge in [0, 0.05) is 42.5 Å². The van der Waals surface area contributed by atoms with Gasteiger partial charge in [-0.3, -0.25) is 0 Å². The average molecular weight is 440 g/mol.